The van der Waals surface area contributed by atoms with Gasteiger partial charge in [-0.05, 0) is 46.1 Å². The van der Waals surface area contributed by atoms with Gasteiger partial charge in [0.1, 0.15) is 0 Å². The van der Waals surface area contributed by atoms with E-state index in [0.29, 0.717) is 32.8 Å². The summed E-state index contributed by atoms with van der Waals surface area (Å²) in [5.74, 6) is 0. The van der Waals surface area contributed by atoms with Crippen molar-refractivity contribution >= 4 is 0 Å². The number of benzene rings is 1. The van der Waals surface area contributed by atoms with Crippen LogP contribution in [0, 0.1) is 0 Å². The van der Waals surface area contributed by atoms with Gasteiger partial charge in [-0.1, -0.05) is 30.3 Å². The Labute approximate surface area is 140 Å². The first kappa shape index (κ1) is 20.1. The van der Waals surface area contributed by atoms with E-state index in [2.05, 4.69) is 26.0 Å². The van der Waals surface area contributed by atoms with Gasteiger partial charge in [0.2, 0.25) is 0 Å². The molecule has 1 aromatic rings. The first-order chi connectivity index (χ1) is 10.8. The summed E-state index contributed by atoms with van der Waals surface area (Å²) in [7, 11) is 0. The minimum atomic E-state index is -0.288. The SMILES string of the molecule is CC(C)(CCO)OCCC(C)(C)OCCOCc1ccccc1. The summed E-state index contributed by atoms with van der Waals surface area (Å²) in [6.45, 7) is 10.6. The molecular weight excluding hydrogens is 292 g/mol. The highest BCUT2D eigenvalue weighted by Gasteiger charge is 2.22. The average Bonchev–Trinajstić information content (AvgIpc) is 2.47. The maximum atomic E-state index is 8.99. The van der Waals surface area contributed by atoms with Gasteiger partial charge in [-0.2, -0.15) is 0 Å². The highest BCUT2D eigenvalue weighted by atomic mass is 16.5. The normalized spacial score (nSPS) is 12.6. The number of aliphatic hydroxyl groups excluding tert-OH is 1. The molecule has 23 heavy (non-hydrogen) atoms. The van der Waals surface area contributed by atoms with Crippen molar-refractivity contribution in [3.8, 4) is 0 Å². The van der Waals surface area contributed by atoms with Crippen molar-refractivity contribution in [3.05, 3.63) is 35.9 Å². The molecule has 0 spiro atoms. The van der Waals surface area contributed by atoms with Gasteiger partial charge in [-0.3, -0.25) is 0 Å². The molecule has 4 nitrogen and oxygen atoms in total. The molecular formula is C19H32O4. The molecule has 1 rings (SSSR count). The summed E-state index contributed by atoms with van der Waals surface area (Å²) in [6.07, 6.45) is 1.45. The molecule has 1 aromatic carbocycles. The van der Waals surface area contributed by atoms with Crippen LogP contribution in [0.4, 0.5) is 0 Å². The predicted molar refractivity (Wildman–Crippen MR) is 92.5 cm³/mol. The Morgan fingerprint density at radius 3 is 2.09 bits per heavy atom. The van der Waals surface area contributed by atoms with E-state index in [-0.39, 0.29) is 17.8 Å². The van der Waals surface area contributed by atoms with Crippen LogP contribution in [-0.4, -0.2) is 42.7 Å². The highest BCUT2D eigenvalue weighted by Crippen LogP contribution is 2.19. The zero-order valence-electron chi connectivity index (χ0n) is 15.0. The third kappa shape index (κ3) is 9.72. The molecule has 0 saturated heterocycles. The fourth-order valence-corrected chi connectivity index (χ4v) is 2.13. The largest absolute Gasteiger partial charge is 0.396 e. The molecule has 1 N–H and O–H groups in total. The lowest BCUT2D eigenvalue weighted by molar-refractivity contribution is -0.0879. The van der Waals surface area contributed by atoms with Crippen molar-refractivity contribution in [1.82, 2.24) is 0 Å². The van der Waals surface area contributed by atoms with Crippen molar-refractivity contribution < 1.29 is 19.3 Å². The number of rotatable bonds is 12. The van der Waals surface area contributed by atoms with Crippen LogP contribution >= 0.6 is 0 Å². The molecule has 4 heteroatoms. The second-order valence-electron chi connectivity index (χ2n) is 6.98. The minimum absolute atomic E-state index is 0.144. The molecule has 0 aliphatic rings. The third-order valence-corrected chi connectivity index (χ3v) is 3.74. The smallest absolute Gasteiger partial charge is 0.0718 e. The maximum absolute atomic E-state index is 8.99. The molecule has 0 unspecified atom stereocenters. The summed E-state index contributed by atoms with van der Waals surface area (Å²) in [5, 5.41) is 8.99. The fraction of sp³-hybridized carbons (Fsp3) is 0.684. The first-order valence-corrected chi connectivity index (χ1v) is 8.35. The van der Waals surface area contributed by atoms with Crippen molar-refractivity contribution in [2.45, 2.75) is 58.3 Å². The summed E-state index contributed by atoms with van der Waals surface area (Å²) in [6, 6.07) is 10.1. The second-order valence-corrected chi connectivity index (χ2v) is 6.98. The molecule has 0 aliphatic heterocycles. The van der Waals surface area contributed by atoms with Crippen LogP contribution in [-0.2, 0) is 20.8 Å². The van der Waals surface area contributed by atoms with Gasteiger partial charge < -0.3 is 19.3 Å². The Morgan fingerprint density at radius 1 is 0.826 bits per heavy atom. The standard InChI is InChI=1S/C19H32O4/c1-18(2,10-12-20)22-13-11-19(3,4)23-15-14-21-16-17-8-6-5-7-9-17/h5-9,20H,10-16H2,1-4H3. The Hall–Kier alpha value is -0.940. The van der Waals surface area contributed by atoms with Crippen LogP contribution in [0.2, 0.25) is 0 Å². The molecule has 0 aliphatic carbocycles. The van der Waals surface area contributed by atoms with Gasteiger partial charge in [0.25, 0.3) is 0 Å². The Morgan fingerprint density at radius 2 is 1.43 bits per heavy atom. The van der Waals surface area contributed by atoms with Crippen LogP contribution in [0.1, 0.15) is 46.1 Å². The Bertz CT molecular complexity index is 415. The van der Waals surface area contributed by atoms with Crippen molar-refractivity contribution in [1.29, 1.82) is 0 Å². The van der Waals surface area contributed by atoms with Gasteiger partial charge in [0, 0.05) is 6.61 Å². The van der Waals surface area contributed by atoms with E-state index in [4.69, 9.17) is 19.3 Å². The van der Waals surface area contributed by atoms with Gasteiger partial charge >= 0.3 is 0 Å². The lowest BCUT2D eigenvalue weighted by Crippen LogP contribution is -2.32. The monoisotopic (exact) mass is 324 g/mol. The molecule has 0 radical (unpaired) electrons. The average molecular weight is 324 g/mol. The Balaban J connectivity index is 2.12. The van der Waals surface area contributed by atoms with E-state index in [1.807, 2.05) is 32.0 Å². The van der Waals surface area contributed by atoms with E-state index < -0.39 is 0 Å². The minimum Gasteiger partial charge on any atom is -0.396 e. The number of ether oxygens (including phenoxy) is 3. The van der Waals surface area contributed by atoms with Crippen LogP contribution in [0.5, 0.6) is 0 Å². The van der Waals surface area contributed by atoms with Crippen molar-refractivity contribution in [2.75, 3.05) is 26.4 Å². The summed E-state index contributed by atoms with van der Waals surface area (Å²) in [5.41, 5.74) is 0.640. The topological polar surface area (TPSA) is 47.9 Å². The molecule has 0 heterocycles. The van der Waals surface area contributed by atoms with Gasteiger partial charge in [-0.25, -0.2) is 0 Å². The molecule has 0 aromatic heterocycles. The zero-order valence-corrected chi connectivity index (χ0v) is 15.0. The Kier molecular flexibility index (Phi) is 8.77. The van der Waals surface area contributed by atoms with Gasteiger partial charge in [0.05, 0.1) is 37.6 Å². The van der Waals surface area contributed by atoms with Crippen LogP contribution in [0.25, 0.3) is 0 Å². The van der Waals surface area contributed by atoms with E-state index in [9.17, 15) is 0 Å². The molecule has 0 atom stereocenters. The number of aliphatic hydroxyl groups is 1. The lowest BCUT2D eigenvalue weighted by atomic mass is 10.0. The van der Waals surface area contributed by atoms with Crippen molar-refractivity contribution in [2.24, 2.45) is 0 Å². The van der Waals surface area contributed by atoms with E-state index in [1.54, 1.807) is 0 Å². The lowest BCUT2D eigenvalue weighted by Gasteiger charge is -2.29. The third-order valence-electron chi connectivity index (χ3n) is 3.74. The molecule has 0 saturated carbocycles. The molecule has 0 amide bonds. The zero-order chi connectivity index (χ0) is 17.2. The highest BCUT2D eigenvalue weighted by molar-refractivity contribution is 5.13. The van der Waals surface area contributed by atoms with Crippen LogP contribution < -0.4 is 0 Å². The predicted octanol–water partition coefficient (Wildman–Crippen LogP) is 3.57. The van der Waals surface area contributed by atoms with Crippen LogP contribution in [0.3, 0.4) is 0 Å². The van der Waals surface area contributed by atoms with Gasteiger partial charge in [-0.15, -0.1) is 0 Å². The molecule has 132 valence electrons. The summed E-state index contributed by atoms with van der Waals surface area (Å²) < 4.78 is 17.3. The first-order valence-electron chi connectivity index (χ1n) is 8.35. The summed E-state index contributed by atoms with van der Waals surface area (Å²) >= 11 is 0. The van der Waals surface area contributed by atoms with Gasteiger partial charge in [0.15, 0.2) is 0 Å². The quantitative estimate of drug-likeness (QED) is 0.597. The van der Waals surface area contributed by atoms with E-state index in [1.165, 1.54) is 5.56 Å². The van der Waals surface area contributed by atoms with Crippen LogP contribution in [0.15, 0.2) is 30.3 Å². The van der Waals surface area contributed by atoms with E-state index >= 15 is 0 Å². The molecule has 0 bridgehead atoms. The summed E-state index contributed by atoms with van der Waals surface area (Å²) in [4.78, 5) is 0. The second kappa shape index (κ2) is 10.0. The number of hydrogen-bond acceptors (Lipinski definition) is 4. The maximum Gasteiger partial charge on any atom is 0.0718 e. The fourth-order valence-electron chi connectivity index (χ4n) is 2.13. The van der Waals surface area contributed by atoms with Crippen molar-refractivity contribution in [3.63, 3.8) is 0 Å². The molecule has 0 fully saturated rings. The number of hydrogen-bond donors (Lipinski definition) is 1. The van der Waals surface area contributed by atoms with E-state index in [0.717, 1.165) is 6.42 Å².